The van der Waals surface area contributed by atoms with Crippen molar-refractivity contribution in [2.75, 3.05) is 38.5 Å². The Morgan fingerprint density at radius 1 is 1.32 bits per heavy atom. The van der Waals surface area contributed by atoms with Gasteiger partial charge in [-0.15, -0.1) is 6.42 Å². The molecule has 0 unspecified atom stereocenters. The third kappa shape index (κ3) is 3.49. The Morgan fingerprint density at radius 2 is 2.00 bits per heavy atom. The summed E-state index contributed by atoms with van der Waals surface area (Å²) in [6.45, 7) is 3.69. The van der Waals surface area contributed by atoms with Crippen molar-refractivity contribution < 1.29 is 4.79 Å². The molecule has 1 saturated heterocycles. The van der Waals surface area contributed by atoms with Crippen LogP contribution in [-0.2, 0) is 0 Å². The summed E-state index contributed by atoms with van der Waals surface area (Å²) >= 11 is 3.35. The number of anilines is 1. The highest BCUT2D eigenvalue weighted by atomic mass is 79.9. The number of piperazine rings is 1. The van der Waals surface area contributed by atoms with Crippen LogP contribution in [0.5, 0.6) is 0 Å². The second-order valence-electron chi connectivity index (χ2n) is 4.55. The lowest BCUT2D eigenvalue weighted by Gasteiger charge is -2.33. The van der Waals surface area contributed by atoms with Crippen LogP contribution in [0.4, 0.5) is 5.69 Å². The Kier molecular flexibility index (Phi) is 4.46. The van der Waals surface area contributed by atoms with Gasteiger partial charge in [0.15, 0.2) is 0 Å². The third-order valence-corrected chi connectivity index (χ3v) is 3.60. The predicted octanol–water partition coefficient (Wildman–Crippen LogP) is 1.42. The molecule has 0 aliphatic carbocycles. The fourth-order valence-electron chi connectivity index (χ4n) is 2.16. The highest BCUT2D eigenvalue weighted by molar-refractivity contribution is 9.10. The first-order chi connectivity index (χ1) is 9.10. The van der Waals surface area contributed by atoms with E-state index in [1.807, 2.05) is 4.90 Å². The summed E-state index contributed by atoms with van der Waals surface area (Å²) in [5, 5.41) is 0. The van der Waals surface area contributed by atoms with Crippen LogP contribution in [0.3, 0.4) is 0 Å². The largest absolute Gasteiger partial charge is 0.399 e. The summed E-state index contributed by atoms with van der Waals surface area (Å²) in [5.41, 5.74) is 6.97. The van der Waals surface area contributed by atoms with Crippen molar-refractivity contribution in [1.82, 2.24) is 9.80 Å². The maximum Gasteiger partial charge on any atom is 0.254 e. The topological polar surface area (TPSA) is 49.6 Å². The van der Waals surface area contributed by atoms with Gasteiger partial charge in [0, 0.05) is 41.9 Å². The average Bonchev–Trinajstić information content (AvgIpc) is 2.38. The van der Waals surface area contributed by atoms with Gasteiger partial charge >= 0.3 is 0 Å². The maximum atomic E-state index is 12.4. The Labute approximate surface area is 121 Å². The zero-order valence-electron chi connectivity index (χ0n) is 10.6. The third-order valence-electron chi connectivity index (χ3n) is 3.14. The number of hydrogen-bond donors (Lipinski definition) is 1. The van der Waals surface area contributed by atoms with Crippen molar-refractivity contribution >= 4 is 27.5 Å². The van der Waals surface area contributed by atoms with Crippen molar-refractivity contribution in [2.24, 2.45) is 0 Å². The number of halogens is 1. The second-order valence-corrected chi connectivity index (χ2v) is 5.46. The summed E-state index contributed by atoms with van der Waals surface area (Å²) < 4.78 is 0.821. The van der Waals surface area contributed by atoms with E-state index in [1.54, 1.807) is 18.2 Å². The van der Waals surface area contributed by atoms with E-state index in [0.29, 0.717) is 30.9 Å². The molecule has 1 heterocycles. The molecule has 2 N–H and O–H groups in total. The molecule has 1 aromatic rings. The lowest BCUT2D eigenvalue weighted by atomic mass is 10.1. The van der Waals surface area contributed by atoms with Gasteiger partial charge in [0.2, 0.25) is 0 Å². The highest BCUT2D eigenvalue weighted by Crippen LogP contribution is 2.19. The molecule has 0 aromatic heterocycles. The van der Waals surface area contributed by atoms with E-state index in [2.05, 4.69) is 26.8 Å². The molecule has 0 bridgehead atoms. The van der Waals surface area contributed by atoms with Gasteiger partial charge in [0.1, 0.15) is 0 Å². The summed E-state index contributed by atoms with van der Waals surface area (Å²) in [4.78, 5) is 16.4. The molecule has 1 amide bonds. The van der Waals surface area contributed by atoms with Gasteiger partial charge in [-0.1, -0.05) is 21.9 Å². The number of benzene rings is 1. The van der Waals surface area contributed by atoms with Crippen LogP contribution in [0.1, 0.15) is 10.4 Å². The van der Waals surface area contributed by atoms with Gasteiger partial charge in [-0.25, -0.2) is 0 Å². The molecule has 0 atom stereocenters. The molecule has 1 aliphatic heterocycles. The molecular formula is C14H16BrN3O. The van der Waals surface area contributed by atoms with Gasteiger partial charge in [-0.2, -0.15) is 0 Å². The van der Waals surface area contributed by atoms with E-state index in [9.17, 15) is 4.79 Å². The minimum absolute atomic E-state index is 0.0216. The van der Waals surface area contributed by atoms with Gasteiger partial charge in [-0.05, 0) is 18.2 Å². The molecule has 1 fully saturated rings. The molecule has 2 rings (SSSR count). The van der Waals surface area contributed by atoms with E-state index < -0.39 is 0 Å². The average molecular weight is 322 g/mol. The van der Waals surface area contributed by atoms with Crippen molar-refractivity contribution in [3.8, 4) is 12.3 Å². The molecular weight excluding hydrogens is 306 g/mol. The molecule has 1 aromatic carbocycles. The van der Waals surface area contributed by atoms with Crippen LogP contribution in [0.2, 0.25) is 0 Å². The molecule has 0 spiro atoms. The first-order valence-corrected chi connectivity index (χ1v) is 6.90. The predicted molar refractivity (Wildman–Crippen MR) is 79.7 cm³/mol. The summed E-state index contributed by atoms with van der Waals surface area (Å²) in [7, 11) is 0. The summed E-state index contributed by atoms with van der Waals surface area (Å²) in [6.07, 6.45) is 5.29. The van der Waals surface area contributed by atoms with E-state index in [4.69, 9.17) is 12.2 Å². The number of carbonyl (C=O) groups excluding carboxylic acids is 1. The number of amides is 1. The molecule has 100 valence electrons. The minimum Gasteiger partial charge on any atom is -0.399 e. The first kappa shape index (κ1) is 13.9. The van der Waals surface area contributed by atoms with Crippen LogP contribution < -0.4 is 5.73 Å². The maximum absolute atomic E-state index is 12.4. The number of carbonyl (C=O) groups is 1. The smallest absolute Gasteiger partial charge is 0.254 e. The van der Waals surface area contributed by atoms with Crippen LogP contribution in [0.25, 0.3) is 0 Å². The van der Waals surface area contributed by atoms with Crippen molar-refractivity contribution in [3.05, 3.63) is 28.2 Å². The number of terminal acetylenes is 1. The molecule has 5 heteroatoms. The molecule has 4 nitrogen and oxygen atoms in total. The number of rotatable bonds is 2. The van der Waals surface area contributed by atoms with E-state index in [0.717, 1.165) is 17.6 Å². The lowest BCUT2D eigenvalue weighted by molar-refractivity contribution is 0.0652. The van der Waals surface area contributed by atoms with E-state index in [-0.39, 0.29) is 5.91 Å². The number of nitrogens with zero attached hydrogens (tertiary/aromatic N) is 2. The summed E-state index contributed by atoms with van der Waals surface area (Å²) in [5.74, 6) is 2.65. The standard InChI is InChI=1S/C14H16BrN3O/c1-2-3-17-4-6-18(7-5-17)14(19)11-8-12(15)10-13(16)9-11/h1,8-10H,3-7,16H2. The fraction of sp³-hybridized carbons (Fsp3) is 0.357. The first-order valence-electron chi connectivity index (χ1n) is 6.11. The Bertz CT molecular complexity index is 496. The minimum atomic E-state index is 0.0216. The Hall–Kier alpha value is -1.51. The van der Waals surface area contributed by atoms with Gasteiger partial charge in [0.25, 0.3) is 5.91 Å². The zero-order valence-corrected chi connectivity index (χ0v) is 12.2. The van der Waals surface area contributed by atoms with Crippen LogP contribution in [0.15, 0.2) is 22.7 Å². The quantitative estimate of drug-likeness (QED) is 0.662. The Balaban J connectivity index is 2.03. The lowest BCUT2D eigenvalue weighted by Crippen LogP contribution is -2.48. The van der Waals surface area contributed by atoms with Crippen LogP contribution in [-0.4, -0.2) is 48.4 Å². The molecule has 0 radical (unpaired) electrons. The van der Waals surface area contributed by atoms with E-state index in [1.165, 1.54) is 0 Å². The number of hydrogen-bond acceptors (Lipinski definition) is 3. The van der Waals surface area contributed by atoms with Crippen molar-refractivity contribution in [3.63, 3.8) is 0 Å². The number of nitrogens with two attached hydrogens (primary N) is 1. The normalized spacial score (nSPS) is 16.1. The van der Waals surface area contributed by atoms with Crippen molar-refractivity contribution in [1.29, 1.82) is 0 Å². The SMILES string of the molecule is C#CCN1CCN(C(=O)c2cc(N)cc(Br)c2)CC1. The van der Waals surface area contributed by atoms with Crippen molar-refractivity contribution in [2.45, 2.75) is 0 Å². The van der Waals surface area contributed by atoms with Crippen LogP contribution in [0, 0.1) is 12.3 Å². The highest BCUT2D eigenvalue weighted by Gasteiger charge is 2.21. The van der Waals surface area contributed by atoms with Crippen LogP contribution >= 0.6 is 15.9 Å². The molecule has 19 heavy (non-hydrogen) atoms. The van der Waals surface area contributed by atoms with Gasteiger partial charge in [-0.3, -0.25) is 9.69 Å². The summed E-state index contributed by atoms with van der Waals surface area (Å²) in [6, 6.07) is 5.29. The molecule has 1 aliphatic rings. The zero-order chi connectivity index (χ0) is 13.8. The monoisotopic (exact) mass is 321 g/mol. The van der Waals surface area contributed by atoms with E-state index >= 15 is 0 Å². The van der Waals surface area contributed by atoms with Gasteiger partial charge < -0.3 is 10.6 Å². The molecule has 0 saturated carbocycles. The van der Waals surface area contributed by atoms with Gasteiger partial charge in [0.05, 0.1) is 6.54 Å². The second kappa shape index (κ2) is 6.09. The Morgan fingerprint density at radius 3 is 2.58 bits per heavy atom. The fourth-order valence-corrected chi connectivity index (χ4v) is 2.67. The number of nitrogen functional groups attached to an aromatic ring is 1.